The van der Waals surface area contributed by atoms with Crippen LogP contribution in [0.25, 0.3) is 0 Å². The summed E-state index contributed by atoms with van der Waals surface area (Å²) < 4.78 is 4.84. The zero-order valence-corrected chi connectivity index (χ0v) is 10.5. The van der Waals surface area contributed by atoms with Crippen molar-refractivity contribution in [2.45, 2.75) is 51.7 Å². The van der Waals surface area contributed by atoms with Gasteiger partial charge in [0.2, 0.25) is 5.91 Å². The number of hydrogen-bond acceptors (Lipinski definition) is 4. The molecule has 0 saturated heterocycles. The second-order valence-corrected chi connectivity index (χ2v) is 4.45. The van der Waals surface area contributed by atoms with Gasteiger partial charge in [0.15, 0.2) is 0 Å². The molecule has 0 aliphatic heterocycles. The van der Waals surface area contributed by atoms with Crippen molar-refractivity contribution in [3.63, 3.8) is 0 Å². The highest BCUT2D eigenvalue weighted by Crippen LogP contribution is 2.27. The first kappa shape index (κ1) is 14.0. The van der Waals surface area contributed by atoms with E-state index >= 15 is 0 Å². The lowest BCUT2D eigenvalue weighted by Crippen LogP contribution is -2.38. The highest BCUT2D eigenvalue weighted by Gasteiger charge is 2.33. The minimum absolute atomic E-state index is 0.0388. The van der Waals surface area contributed by atoms with Crippen molar-refractivity contribution in [1.29, 1.82) is 0 Å². The van der Waals surface area contributed by atoms with E-state index in [9.17, 15) is 9.59 Å². The van der Waals surface area contributed by atoms with Gasteiger partial charge < -0.3 is 14.7 Å². The molecule has 1 atom stereocenters. The monoisotopic (exact) mass is 243 g/mol. The second kappa shape index (κ2) is 6.59. The van der Waals surface area contributed by atoms with Gasteiger partial charge in [-0.15, -0.1) is 0 Å². The molecule has 1 unspecified atom stereocenters. The number of carbonyl (C=O) groups is 2. The van der Waals surface area contributed by atoms with Crippen LogP contribution < -0.4 is 0 Å². The third-order valence-electron chi connectivity index (χ3n) is 2.69. The first-order chi connectivity index (χ1) is 8.04. The van der Waals surface area contributed by atoms with E-state index in [1.54, 1.807) is 18.7 Å². The van der Waals surface area contributed by atoms with Gasteiger partial charge in [0.25, 0.3) is 0 Å². The molecular formula is C12H21NO4. The first-order valence-electron chi connectivity index (χ1n) is 6.17. The summed E-state index contributed by atoms with van der Waals surface area (Å²) in [6, 6.07) is 0.195. The Morgan fingerprint density at radius 2 is 2.12 bits per heavy atom. The average molecular weight is 243 g/mol. The maximum atomic E-state index is 11.9. The van der Waals surface area contributed by atoms with Crippen molar-refractivity contribution in [2.75, 3.05) is 13.2 Å². The Hall–Kier alpha value is -1.10. The van der Waals surface area contributed by atoms with Crippen LogP contribution in [0.5, 0.6) is 0 Å². The van der Waals surface area contributed by atoms with Crippen molar-refractivity contribution in [3.8, 4) is 0 Å². The number of rotatable bonds is 7. The molecule has 98 valence electrons. The van der Waals surface area contributed by atoms with Crippen LogP contribution in [-0.2, 0) is 14.3 Å². The van der Waals surface area contributed by atoms with E-state index in [0.29, 0.717) is 13.0 Å². The number of ether oxygens (including phenoxy) is 1. The van der Waals surface area contributed by atoms with Crippen LogP contribution in [0.2, 0.25) is 0 Å². The van der Waals surface area contributed by atoms with Crippen molar-refractivity contribution < 1.29 is 19.4 Å². The molecule has 0 spiro atoms. The second-order valence-electron chi connectivity index (χ2n) is 4.45. The third-order valence-corrected chi connectivity index (χ3v) is 2.69. The molecule has 1 fully saturated rings. The fraction of sp³-hybridized carbons (Fsp3) is 0.833. The number of nitrogens with zero attached hydrogens (tertiary/aromatic N) is 1. The van der Waals surface area contributed by atoms with E-state index in [1.165, 1.54) is 0 Å². The Morgan fingerprint density at radius 1 is 1.47 bits per heavy atom. The smallest absolute Gasteiger partial charge is 0.325 e. The molecule has 0 aromatic heterocycles. The lowest BCUT2D eigenvalue weighted by molar-refractivity contribution is -0.149. The summed E-state index contributed by atoms with van der Waals surface area (Å²) >= 11 is 0. The minimum atomic E-state index is -0.484. The highest BCUT2D eigenvalue weighted by molar-refractivity contribution is 5.82. The summed E-state index contributed by atoms with van der Waals surface area (Å²) in [5, 5.41) is 9.14. The van der Waals surface area contributed by atoms with Crippen LogP contribution in [0.15, 0.2) is 0 Å². The highest BCUT2D eigenvalue weighted by atomic mass is 16.5. The maximum Gasteiger partial charge on any atom is 0.325 e. The van der Waals surface area contributed by atoms with Gasteiger partial charge in [-0.25, -0.2) is 0 Å². The predicted molar refractivity (Wildman–Crippen MR) is 62.3 cm³/mol. The zero-order valence-electron chi connectivity index (χ0n) is 10.5. The van der Waals surface area contributed by atoms with Gasteiger partial charge in [0.1, 0.15) is 6.54 Å². The topological polar surface area (TPSA) is 66.8 Å². The van der Waals surface area contributed by atoms with Gasteiger partial charge >= 0.3 is 5.97 Å². The number of amides is 1. The van der Waals surface area contributed by atoms with E-state index in [2.05, 4.69) is 0 Å². The summed E-state index contributed by atoms with van der Waals surface area (Å²) in [4.78, 5) is 24.8. The molecule has 0 aromatic carbocycles. The fourth-order valence-electron chi connectivity index (χ4n) is 1.63. The van der Waals surface area contributed by atoms with Crippen molar-refractivity contribution in [1.82, 2.24) is 4.90 Å². The number of aliphatic hydroxyl groups excluding tert-OH is 1. The van der Waals surface area contributed by atoms with Gasteiger partial charge in [-0.1, -0.05) is 0 Å². The van der Waals surface area contributed by atoms with Crippen molar-refractivity contribution in [3.05, 3.63) is 0 Å². The molecule has 5 nitrogen and oxygen atoms in total. The van der Waals surface area contributed by atoms with Crippen LogP contribution in [-0.4, -0.2) is 47.2 Å². The average Bonchev–Trinajstić information content (AvgIpc) is 3.06. The quantitative estimate of drug-likeness (QED) is 0.668. The largest absolute Gasteiger partial charge is 0.465 e. The van der Waals surface area contributed by atoms with Crippen molar-refractivity contribution >= 4 is 11.9 Å². The van der Waals surface area contributed by atoms with Crippen LogP contribution >= 0.6 is 0 Å². The number of esters is 1. The molecule has 17 heavy (non-hydrogen) atoms. The number of hydrogen-bond donors (Lipinski definition) is 1. The van der Waals surface area contributed by atoms with E-state index in [4.69, 9.17) is 9.84 Å². The molecule has 0 aromatic rings. The van der Waals surface area contributed by atoms with Crippen LogP contribution in [0, 0.1) is 0 Å². The molecule has 1 saturated carbocycles. The Balaban J connectivity index is 2.42. The number of aliphatic hydroxyl groups is 1. The fourth-order valence-corrected chi connectivity index (χ4v) is 1.63. The minimum Gasteiger partial charge on any atom is -0.465 e. The maximum absolute atomic E-state index is 11.9. The predicted octanol–water partition coefficient (Wildman–Crippen LogP) is 0.701. The zero-order chi connectivity index (χ0) is 12.8. The van der Waals surface area contributed by atoms with E-state index in [-0.39, 0.29) is 30.9 Å². The summed E-state index contributed by atoms with van der Waals surface area (Å²) in [6.07, 6.45) is 2.15. The summed E-state index contributed by atoms with van der Waals surface area (Å²) in [5.74, 6) is -0.425. The summed E-state index contributed by atoms with van der Waals surface area (Å²) in [6.45, 7) is 3.77. The summed E-state index contributed by atoms with van der Waals surface area (Å²) in [7, 11) is 0. The molecular weight excluding hydrogens is 222 g/mol. The van der Waals surface area contributed by atoms with Gasteiger partial charge in [0.05, 0.1) is 12.7 Å². The molecule has 1 aliphatic rings. The molecule has 1 amide bonds. The van der Waals surface area contributed by atoms with Crippen LogP contribution in [0.4, 0.5) is 0 Å². The Labute approximate surface area is 102 Å². The normalized spacial score (nSPS) is 16.4. The van der Waals surface area contributed by atoms with Gasteiger partial charge in [-0.3, -0.25) is 9.59 Å². The SMILES string of the molecule is CCOC(=O)CN(C(=O)CCC(C)O)C1CC1. The molecule has 1 rings (SSSR count). The molecule has 1 N–H and O–H groups in total. The number of carbonyl (C=O) groups excluding carboxylic acids is 2. The Kier molecular flexibility index (Phi) is 5.41. The van der Waals surface area contributed by atoms with E-state index < -0.39 is 6.10 Å². The van der Waals surface area contributed by atoms with E-state index in [0.717, 1.165) is 12.8 Å². The third kappa shape index (κ3) is 5.17. The first-order valence-corrected chi connectivity index (χ1v) is 6.17. The molecule has 0 bridgehead atoms. The lowest BCUT2D eigenvalue weighted by atomic mass is 10.2. The standard InChI is InChI=1S/C12H21NO4/c1-3-17-12(16)8-13(10-5-6-10)11(15)7-4-9(2)14/h9-10,14H,3-8H2,1-2H3. The lowest BCUT2D eigenvalue weighted by Gasteiger charge is -2.21. The van der Waals surface area contributed by atoms with Crippen LogP contribution in [0.3, 0.4) is 0 Å². The molecule has 0 heterocycles. The molecule has 5 heteroatoms. The Bertz CT molecular complexity index is 274. The Morgan fingerprint density at radius 3 is 2.59 bits per heavy atom. The van der Waals surface area contributed by atoms with E-state index in [1.807, 2.05) is 0 Å². The molecule has 1 aliphatic carbocycles. The summed E-state index contributed by atoms with van der Waals surface area (Å²) in [5.41, 5.74) is 0. The molecule has 0 radical (unpaired) electrons. The van der Waals surface area contributed by atoms with Crippen molar-refractivity contribution in [2.24, 2.45) is 0 Å². The van der Waals surface area contributed by atoms with Gasteiger partial charge in [-0.05, 0) is 33.1 Å². The van der Waals surface area contributed by atoms with Crippen LogP contribution in [0.1, 0.15) is 39.5 Å². The van der Waals surface area contributed by atoms with Gasteiger partial charge in [-0.2, -0.15) is 0 Å². The van der Waals surface area contributed by atoms with Gasteiger partial charge in [0, 0.05) is 12.5 Å².